The Morgan fingerprint density at radius 2 is 2.18 bits per heavy atom. The molecule has 1 heterocycles. The van der Waals surface area contributed by atoms with E-state index in [0.29, 0.717) is 18.4 Å². The molecule has 0 spiro atoms. The number of hydrogen-bond acceptors (Lipinski definition) is 4. The first-order valence-corrected chi connectivity index (χ1v) is 6.31. The smallest absolute Gasteiger partial charge is 0.147 e. The molecule has 0 aromatic carbocycles. The molecule has 17 heavy (non-hydrogen) atoms. The van der Waals surface area contributed by atoms with Crippen LogP contribution >= 0.6 is 11.6 Å². The fourth-order valence-corrected chi connectivity index (χ4v) is 1.68. The normalized spacial score (nSPS) is 10.9. The van der Waals surface area contributed by atoms with Crippen LogP contribution in [0.15, 0.2) is 12.4 Å². The molecule has 0 bridgehead atoms. The second-order valence-corrected chi connectivity index (χ2v) is 4.60. The van der Waals surface area contributed by atoms with E-state index in [1.54, 1.807) is 19.5 Å². The summed E-state index contributed by atoms with van der Waals surface area (Å²) < 4.78 is 5.12. The van der Waals surface area contributed by atoms with Crippen LogP contribution in [-0.4, -0.2) is 36.8 Å². The topological polar surface area (TPSA) is 38.2 Å². The van der Waals surface area contributed by atoms with Crippen molar-refractivity contribution < 1.29 is 4.74 Å². The molecule has 0 radical (unpaired) electrons. The minimum Gasteiger partial charge on any atom is -0.383 e. The molecule has 0 aliphatic carbocycles. The minimum atomic E-state index is 0.390. The van der Waals surface area contributed by atoms with Gasteiger partial charge in [-0.25, -0.2) is 4.98 Å². The lowest BCUT2D eigenvalue weighted by Crippen LogP contribution is -2.31. The molecular formula is C12H20ClN3O. The van der Waals surface area contributed by atoms with Crippen LogP contribution in [0.25, 0.3) is 0 Å². The highest BCUT2D eigenvalue weighted by Gasteiger charge is 2.10. The lowest BCUT2D eigenvalue weighted by molar-refractivity contribution is 0.204. The third-order valence-corrected chi connectivity index (χ3v) is 2.56. The summed E-state index contributed by atoms with van der Waals surface area (Å²) in [6.07, 6.45) is 3.47. The molecule has 0 N–H and O–H groups in total. The van der Waals surface area contributed by atoms with E-state index < -0.39 is 0 Å². The molecule has 0 atom stereocenters. The molecule has 1 aromatic heterocycles. The van der Waals surface area contributed by atoms with Crippen molar-refractivity contribution >= 4 is 17.4 Å². The van der Waals surface area contributed by atoms with Crippen LogP contribution in [0.5, 0.6) is 0 Å². The summed E-state index contributed by atoms with van der Waals surface area (Å²) in [6.45, 7) is 6.79. The Morgan fingerprint density at radius 1 is 1.41 bits per heavy atom. The average Bonchev–Trinajstić information content (AvgIpc) is 2.34. The first-order chi connectivity index (χ1) is 8.17. The van der Waals surface area contributed by atoms with E-state index >= 15 is 0 Å². The van der Waals surface area contributed by atoms with Crippen LogP contribution in [0, 0.1) is 5.92 Å². The van der Waals surface area contributed by atoms with Crippen LogP contribution in [0.1, 0.15) is 19.5 Å². The van der Waals surface area contributed by atoms with Crippen molar-refractivity contribution in [2.75, 3.05) is 31.7 Å². The zero-order valence-corrected chi connectivity index (χ0v) is 11.4. The van der Waals surface area contributed by atoms with E-state index in [9.17, 15) is 0 Å². The number of ether oxygens (including phenoxy) is 1. The van der Waals surface area contributed by atoms with Crippen molar-refractivity contribution in [1.29, 1.82) is 0 Å². The predicted molar refractivity (Wildman–Crippen MR) is 70.5 cm³/mol. The van der Waals surface area contributed by atoms with Crippen molar-refractivity contribution in [2.45, 2.75) is 19.7 Å². The second-order valence-electron chi connectivity index (χ2n) is 4.33. The van der Waals surface area contributed by atoms with Gasteiger partial charge in [-0.05, 0) is 5.92 Å². The maximum atomic E-state index is 5.77. The first-order valence-electron chi connectivity index (χ1n) is 5.78. The largest absolute Gasteiger partial charge is 0.383 e. The van der Waals surface area contributed by atoms with E-state index in [0.717, 1.165) is 24.6 Å². The monoisotopic (exact) mass is 257 g/mol. The van der Waals surface area contributed by atoms with Crippen molar-refractivity contribution in [3.05, 3.63) is 18.1 Å². The molecule has 1 aromatic rings. The number of rotatable bonds is 7. The summed E-state index contributed by atoms with van der Waals surface area (Å²) in [5.41, 5.74) is 0.801. The molecule has 0 aliphatic heterocycles. The van der Waals surface area contributed by atoms with Gasteiger partial charge in [0.25, 0.3) is 0 Å². The summed E-state index contributed by atoms with van der Waals surface area (Å²) in [7, 11) is 1.70. The van der Waals surface area contributed by atoms with Crippen LogP contribution in [-0.2, 0) is 10.6 Å². The van der Waals surface area contributed by atoms with Gasteiger partial charge in [0.1, 0.15) is 5.82 Å². The highest BCUT2D eigenvalue weighted by molar-refractivity contribution is 6.16. The molecule has 0 saturated carbocycles. The van der Waals surface area contributed by atoms with Crippen LogP contribution in [0.2, 0.25) is 0 Å². The molecule has 0 saturated heterocycles. The third kappa shape index (κ3) is 4.88. The molecular weight excluding hydrogens is 238 g/mol. The zero-order chi connectivity index (χ0) is 12.7. The molecule has 5 heteroatoms. The SMILES string of the molecule is COCCN(CC(C)C)c1cncc(CCl)n1. The maximum absolute atomic E-state index is 5.77. The molecule has 0 aliphatic rings. The number of aromatic nitrogens is 2. The minimum absolute atomic E-state index is 0.390. The van der Waals surface area contributed by atoms with E-state index in [1.807, 2.05) is 0 Å². The zero-order valence-electron chi connectivity index (χ0n) is 10.7. The number of halogens is 1. The highest BCUT2D eigenvalue weighted by atomic mass is 35.5. The number of methoxy groups -OCH3 is 1. The Morgan fingerprint density at radius 3 is 2.76 bits per heavy atom. The molecule has 0 unspecified atom stereocenters. The molecule has 0 fully saturated rings. The lowest BCUT2D eigenvalue weighted by Gasteiger charge is -2.25. The Kier molecular flexibility index (Phi) is 6.22. The van der Waals surface area contributed by atoms with Crippen molar-refractivity contribution in [1.82, 2.24) is 9.97 Å². The van der Waals surface area contributed by atoms with Crippen LogP contribution in [0.4, 0.5) is 5.82 Å². The van der Waals surface area contributed by atoms with E-state index in [2.05, 4.69) is 28.7 Å². The standard InChI is InChI=1S/C12H20ClN3O/c1-10(2)9-16(4-5-17-3)12-8-14-7-11(6-13)15-12/h7-8,10H,4-6,9H2,1-3H3. The Bertz CT molecular complexity index is 333. The summed E-state index contributed by atoms with van der Waals surface area (Å²) >= 11 is 5.77. The average molecular weight is 258 g/mol. The lowest BCUT2D eigenvalue weighted by atomic mass is 10.2. The first kappa shape index (κ1) is 14.2. The van der Waals surface area contributed by atoms with Gasteiger partial charge in [0.15, 0.2) is 0 Å². The van der Waals surface area contributed by atoms with Gasteiger partial charge in [-0.15, -0.1) is 11.6 Å². The number of anilines is 1. The summed E-state index contributed by atoms with van der Waals surface area (Å²) in [6, 6.07) is 0. The van der Waals surface area contributed by atoms with Gasteiger partial charge in [-0.3, -0.25) is 4.98 Å². The van der Waals surface area contributed by atoms with Gasteiger partial charge < -0.3 is 9.64 Å². The number of alkyl halides is 1. The summed E-state index contributed by atoms with van der Waals surface area (Å²) in [5.74, 6) is 1.82. The van der Waals surface area contributed by atoms with Gasteiger partial charge in [0.2, 0.25) is 0 Å². The molecule has 1 rings (SSSR count). The van der Waals surface area contributed by atoms with Crippen LogP contribution < -0.4 is 4.90 Å². The van der Waals surface area contributed by atoms with Crippen LogP contribution in [0.3, 0.4) is 0 Å². The van der Waals surface area contributed by atoms with E-state index in [4.69, 9.17) is 16.3 Å². The highest BCUT2D eigenvalue weighted by Crippen LogP contribution is 2.12. The molecule has 96 valence electrons. The fourth-order valence-electron chi connectivity index (χ4n) is 1.55. The number of nitrogens with zero attached hydrogens (tertiary/aromatic N) is 3. The number of hydrogen-bond donors (Lipinski definition) is 0. The Labute approximate surface area is 108 Å². The summed E-state index contributed by atoms with van der Waals surface area (Å²) in [4.78, 5) is 10.8. The van der Waals surface area contributed by atoms with E-state index in [-0.39, 0.29) is 0 Å². The summed E-state index contributed by atoms with van der Waals surface area (Å²) in [5, 5.41) is 0. The quantitative estimate of drug-likeness (QED) is 0.703. The van der Waals surface area contributed by atoms with Gasteiger partial charge in [0, 0.05) is 26.4 Å². The molecule has 0 amide bonds. The van der Waals surface area contributed by atoms with Gasteiger partial charge in [-0.2, -0.15) is 0 Å². The van der Waals surface area contributed by atoms with Crippen molar-refractivity contribution in [2.24, 2.45) is 5.92 Å². The van der Waals surface area contributed by atoms with Gasteiger partial charge in [0.05, 0.1) is 24.4 Å². The fraction of sp³-hybridized carbons (Fsp3) is 0.667. The van der Waals surface area contributed by atoms with Crippen molar-refractivity contribution in [3.63, 3.8) is 0 Å². The third-order valence-electron chi connectivity index (χ3n) is 2.28. The second kappa shape index (κ2) is 7.45. The predicted octanol–water partition coefficient (Wildman–Crippen LogP) is 2.32. The Balaban J connectivity index is 2.78. The maximum Gasteiger partial charge on any atom is 0.147 e. The van der Waals surface area contributed by atoms with Gasteiger partial charge in [-0.1, -0.05) is 13.8 Å². The van der Waals surface area contributed by atoms with Crippen molar-refractivity contribution in [3.8, 4) is 0 Å². The Hall–Kier alpha value is -0.870. The van der Waals surface area contributed by atoms with E-state index in [1.165, 1.54) is 0 Å². The molecule has 4 nitrogen and oxygen atoms in total. The van der Waals surface area contributed by atoms with Gasteiger partial charge >= 0.3 is 0 Å².